The van der Waals surface area contributed by atoms with Gasteiger partial charge in [0.05, 0.1) is 0 Å². The molecule has 138 valence electrons. The topological polar surface area (TPSA) is 30.9 Å². The van der Waals surface area contributed by atoms with Crippen LogP contribution in [0.2, 0.25) is 0 Å². The van der Waals surface area contributed by atoms with E-state index in [-0.39, 0.29) is 24.0 Å². The Morgan fingerprint density at radius 1 is 1.42 bits per heavy atom. The van der Waals surface area contributed by atoms with Crippen molar-refractivity contribution in [2.45, 2.75) is 32.6 Å². The minimum absolute atomic E-state index is 0. The summed E-state index contributed by atoms with van der Waals surface area (Å²) in [7, 11) is 4.37. The minimum atomic E-state index is 0. The molecule has 0 unspecified atom stereocenters. The standard InChI is InChI=1S/C18H32N4S.HI/c1-4-19-18(22(3)14-10-17-6-5-15-23-17)20-11-7-16-8-12-21(2)13-9-16;/h5-6,15-16H,4,7-14H2,1-3H3,(H,19,20);1H. The lowest BCUT2D eigenvalue weighted by atomic mass is 9.94. The molecule has 0 atom stereocenters. The van der Waals surface area contributed by atoms with E-state index in [2.05, 4.69) is 53.6 Å². The van der Waals surface area contributed by atoms with E-state index in [9.17, 15) is 0 Å². The molecule has 1 aliphatic heterocycles. The van der Waals surface area contributed by atoms with Gasteiger partial charge in [0.15, 0.2) is 5.96 Å². The summed E-state index contributed by atoms with van der Waals surface area (Å²) in [6, 6.07) is 4.34. The highest BCUT2D eigenvalue weighted by molar-refractivity contribution is 14.0. The predicted octanol–water partition coefficient (Wildman–Crippen LogP) is 3.54. The Balaban J connectivity index is 0.00000288. The number of halogens is 1. The van der Waals surface area contributed by atoms with Crippen molar-refractivity contribution in [3.63, 3.8) is 0 Å². The molecule has 0 aliphatic carbocycles. The maximum Gasteiger partial charge on any atom is 0.193 e. The maximum absolute atomic E-state index is 4.85. The molecule has 0 bridgehead atoms. The van der Waals surface area contributed by atoms with Gasteiger partial charge in [-0.1, -0.05) is 6.07 Å². The number of rotatable bonds is 7. The lowest BCUT2D eigenvalue weighted by Gasteiger charge is -2.28. The summed E-state index contributed by atoms with van der Waals surface area (Å²) >= 11 is 1.84. The van der Waals surface area contributed by atoms with Crippen molar-refractivity contribution in [3.8, 4) is 0 Å². The fourth-order valence-electron chi connectivity index (χ4n) is 3.01. The molecule has 0 radical (unpaired) electrons. The van der Waals surface area contributed by atoms with Crippen LogP contribution in [-0.2, 0) is 6.42 Å². The van der Waals surface area contributed by atoms with Crippen LogP contribution in [0.1, 0.15) is 31.1 Å². The molecule has 0 amide bonds. The average Bonchev–Trinajstić information content (AvgIpc) is 3.07. The number of thiophene rings is 1. The molecular weight excluding hydrogens is 431 g/mol. The maximum atomic E-state index is 4.85. The van der Waals surface area contributed by atoms with Crippen LogP contribution >= 0.6 is 35.3 Å². The number of nitrogens with zero attached hydrogens (tertiary/aromatic N) is 3. The fraction of sp³-hybridized carbons (Fsp3) is 0.722. The van der Waals surface area contributed by atoms with Gasteiger partial charge in [-0.2, -0.15) is 0 Å². The minimum Gasteiger partial charge on any atom is -0.357 e. The first-order chi connectivity index (χ1) is 11.2. The van der Waals surface area contributed by atoms with Gasteiger partial charge in [-0.3, -0.25) is 4.99 Å². The zero-order chi connectivity index (χ0) is 16.5. The second-order valence-corrected chi connectivity index (χ2v) is 7.55. The summed E-state index contributed by atoms with van der Waals surface area (Å²) in [5.74, 6) is 1.91. The predicted molar refractivity (Wildman–Crippen MR) is 117 cm³/mol. The molecule has 1 saturated heterocycles. The zero-order valence-electron chi connectivity index (χ0n) is 15.3. The SMILES string of the molecule is CCNC(=NCCC1CCN(C)CC1)N(C)CCc1cccs1.I. The van der Waals surface area contributed by atoms with Gasteiger partial charge in [0, 0.05) is 31.6 Å². The summed E-state index contributed by atoms with van der Waals surface area (Å²) in [6.45, 7) is 7.51. The Kier molecular flexibility index (Phi) is 10.9. The second-order valence-electron chi connectivity index (χ2n) is 6.52. The van der Waals surface area contributed by atoms with Crippen molar-refractivity contribution in [1.82, 2.24) is 15.1 Å². The van der Waals surface area contributed by atoms with Gasteiger partial charge in [-0.05, 0) is 70.1 Å². The second kappa shape index (κ2) is 12.1. The lowest BCUT2D eigenvalue weighted by Crippen LogP contribution is -2.40. The summed E-state index contributed by atoms with van der Waals surface area (Å²) < 4.78 is 0. The molecular formula is C18H33IN4S. The van der Waals surface area contributed by atoms with Crippen LogP contribution < -0.4 is 5.32 Å². The Morgan fingerprint density at radius 3 is 2.79 bits per heavy atom. The van der Waals surface area contributed by atoms with Crippen molar-refractivity contribution >= 4 is 41.3 Å². The number of piperidine rings is 1. The van der Waals surface area contributed by atoms with E-state index in [0.29, 0.717) is 0 Å². The molecule has 1 aliphatic rings. The number of guanidine groups is 1. The highest BCUT2D eigenvalue weighted by atomic mass is 127. The number of nitrogens with one attached hydrogen (secondary N) is 1. The number of hydrogen-bond donors (Lipinski definition) is 1. The molecule has 2 rings (SSSR count). The van der Waals surface area contributed by atoms with Crippen LogP contribution in [0, 0.1) is 5.92 Å². The summed E-state index contributed by atoms with van der Waals surface area (Å²) in [5.41, 5.74) is 0. The number of likely N-dealkylation sites (N-methyl/N-ethyl adjacent to an activating group) is 1. The van der Waals surface area contributed by atoms with Gasteiger partial charge >= 0.3 is 0 Å². The van der Waals surface area contributed by atoms with E-state index in [0.717, 1.165) is 37.9 Å². The van der Waals surface area contributed by atoms with Crippen molar-refractivity contribution in [3.05, 3.63) is 22.4 Å². The normalized spacial score (nSPS) is 16.7. The third-order valence-electron chi connectivity index (χ3n) is 4.61. The third kappa shape index (κ3) is 7.70. The number of likely N-dealkylation sites (tertiary alicyclic amines) is 1. The number of hydrogen-bond acceptors (Lipinski definition) is 3. The molecule has 1 aromatic rings. The van der Waals surface area contributed by atoms with Crippen LogP contribution in [0.5, 0.6) is 0 Å². The molecule has 1 fully saturated rings. The largest absolute Gasteiger partial charge is 0.357 e. The molecule has 6 heteroatoms. The monoisotopic (exact) mass is 464 g/mol. The van der Waals surface area contributed by atoms with E-state index in [1.807, 2.05) is 11.3 Å². The zero-order valence-corrected chi connectivity index (χ0v) is 18.5. The van der Waals surface area contributed by atoms with Gasteiger partial charge in [-0.25, -0.2) is 0 Å². The van der Waals surface area contributed by atoms with Gasteiger partial charge < -0.3 is 15.1 Å². The van der Waals surface area contributed by atoms with Gasteiger partial charge in [0.2, 0.25) is 0 Å². The quantitative estimate of drug-likeness (QED) is 0.381. The smallest absolute Gasteiger partial charge is 0.193 e. The molecule has 1 N–H and O–H groups in total. The first kappa shape index (κ1) is 21.7. The van der Waals surface area contributed by atoms with Crippen molar-refractivity contribution < 1.29 is 0 Å². The Morgan fingerprint density at radius 2 is 2.17 bits per heavy atom. The van der Waals surface area contributed by atoms with Crippen LogP contribution in [0.25, 0.3) is 0 Å². The van der Waals surface area contributed by atoms with E-state index in [1.165, 1.54) is 37.2 Å². The fourth-order valence-corrected chi connectivity index (χ4v) is 3.71. The molecule has 0 aromatic carbocycles. The summed E-state index contributed by atoms with van der Waals surface area (Å²) in [5, 5.41) is 5.58. The summed E-state index contributed by atoms with van der Waals surface area (Å²) in [6.07, 6.45) is 4.97. The van der Waals surface area contributed by atoms with Gasteiger partial charge in [0.1, 0.15) is 0 Å². The van der Waals surface area contributed by atoms with E-state index >= 15 is 0 Å². The summed E-state index contributed by atoms with van der Waals surface area (Å²) in [4.78, 5) is 11.0. The average molecular weight is 464 g/mol. The van der Waals surface area contributed by atoms with Crippen LogP contribution in [-0.4, -0.2) is 62.6 Å². The van der Waals surface area contributed by atoms with E-state index < -0.39 is 0 Å². The molecule has 0 spiro atoms. The van der Waals surface area contributed by atoms with Crippen molar-refractivity contribution in [2.75, 3.05) is 46.8 Å². The number of aliphatic imine (C=N–C) groups is 1. The van der Waals surface area contributed by atoms with Crippen molar-refractivity contribution in [1.29, 1.82) is 0 Å². The lowest BCUT2D eigenvalue weighted by molar-refractivity contribution is 0.214. The van der Waals surface area contributed by atoms with Crippen LogP contribution in [0.15, 0.2) is 22.5 Å². The molecule has 0 saturated carbocycles. The van der Waals surface area contributed by atoms with Gasteiger partial charge in [-0.15, -0.1) is 35.3 Å². The first-order valence-corrected chi connectivity index (χ1v) is 9.77. The van der Waals surface area contributed by atoms with Crippen LogP contribution in [0.4, 0.5) is 0 Å². The third-order valence-corrected chi connectivity index (χ3v) is 5.54. The van der Waals surface area contributed by atoms with Crippen LogP contribution in [0.3, 0.4) is 0 Å². The van der Waals surface area contributed by atoms with E-state index in [1.54, 1.807) is 0 Å². The molecule has 4 nitrogen and oxygen atoms in total. The highest BCUT2D eigenvalue weighted by Gasteiger charge is 2.16. The Bertz CT molecular complexity index is 456. The molecule has 2 heterocycles. The van der Waals surface area contributed by atoms with Crippen molar-refractivity contribution in [2.24, 2.45) is 10.9 Å². The Hall–Kier alpha value is -0.340. The van der Waals surface area contributed by atoms with E-state index in [4.69, 9.17) is 4.99 Å². The Labute approximate surface area is 168 Å². The first-order valence-electron chi connectivity index (χ1n) is 8.89. The highest BCUT2D eigenvalue weighted by Crippen LogP contribution is 2.19. The molecule has 1 aromatic heterocycles. The van der Waals surface area contributed by atoms with Gasteiger partial charge in [0.25, 0.3) is 0 Å². The molecule has 24 heavy (non-hydrogen) atoms.